The van der Waals surface area contributed by atoms with Gasteiger partial charge in [0.15, 0.2) is 0 Å². The van der Waals surface area contributed by atoms with Gasteiger partial charge in [0.25, 0.3) is 0 Å². The van der Waals surface area contributed by atoms with Crippen LogP contribution in [0.3, 0.4) is 0 Å². The summed E-state index contributed by atoms with van der Waals surface area (Å²) in [4.78, 5) is 5.17. The van der Waals surface area contributed by atoms with Crippen molar-refractivity contribution in [1.82, 2.24) is 14.0 Å². The Bertz CT molecular complexity index is 1970. The Morgan fingerprint density at radius 2 is 1.44 bits per heavy atom. The number of nitrogens with one attached hydrogen (secondary N) is 1. The van der Waals surface area contributed by atoms with Gasteiger partial charge in [-0.15, -0.1) is 0 Å². The zero-order chi connectivity index (χ0) is 34.5. The van der Waals surface area contributed by atoms with Gasteiger partial charge < -0.3 is 18.8 Å². The van der Waals surface area contributed by atoms with Crippen LogP contribution in [0.15, 0.2) is 109 Å². The number of fused-ring (bicyclic) bond motifs is 1. The summed E-state index contributed by atoms with van der Waals surface area (Å²) in [6.07, 6.45) is 5.55. The van der Waals surface area contributed by atoms with Gasteiger partial charge in [0.05, 0.1) is 24.2 Å². The lowest BCUT2D eigenvalue weighted by molar-refractivity contribution is 0.253. The van der Waals surface area contributed by atoms with Crippen LogP contribution in [-0.2, 0) is 13.1 Å². The molecule has 1 aliphatic carbocycles. The Hall–Kier alpha value is -4.26. The zero-order valence-corrected chi connectivity index (χ0v) is 30.3. The van der Waals surface area contributed by atoms with Gasteiger partial charge in [-0.25, -0.2) is 0 Å². The molecule has 0 bridgehead atoms. The van der Waals surface area contributed by atoms with Gasteiger partial charge >= 0.3 is 0 Å². The minimum Gasteiger partial charge on any atom is -0.494 e. The Morgan fingerprint density at radius 1 is 0.760 bits per heavy atom. The van der Waals surface area contributed by atoms with Crippen molar-refractivity contribution < 1.29 is 4.74 Å². The number of allylic oxidation sites excluding steroid dienone is 1. The number of hydrogen-bond donors (Lipinski definition) is 1. The number of nitrogens with zero attached hydrogens (tertiary/aromatic N) is 4. The fraction of sp³-hybridized carbons (Fsp3) is 0.372. The first-order valence-electron chi connectivity index (χ1n) is 18.3. The number of imidazole rings is 1. The number of anilines is 1. The first-order chi connectivity index (χ1) is 24.3. The Labute approximate surface area is 302 Å². The lowest BCUT2D eigenvalue weighted by atomic mass is 9.72. The van der Waals surface area contributed by atoms with E-state index in [0.29, 0.717) is 24.2 Å². The Kier molecular flexibility index (Phi) is 10.5. The van der Waals surface area contributed by atoms with Crippen molar-refractivity contribution in [2.75, 3.05) is 44.2 Å². The number of ether oxygens (including phenoxy) is 1. The van der Waals surface area contributed by atoms with Crippen LogP contribution in [0.4, 0.5) is 5.69 Å². The lowest BCUT2D eigenvalue weighted by Gasteiger charge is -2.38. The van der Waals surface area contributed by atoms with Crippen LogP contribution in [0.1, 0.15) is 57.1 Å². The highest BCUT2D eigenvalue weighted by Gasteiger charge is 2.28. The number of para-hydroxylation sites is 3. The van der Waals surface area contributed by atoms with E-state index < -0.39 is 0 Å². The van der Waals surface area contributed by atoms with Crippen LogP contribution >= 0.6 is 11.6 Å². The van der Waals surface area contributed by atoms with E-state index >= 15 is 0 Å². The second kappa shape index (κ2) is 15.3. The van der Waals surface area contributed by atoms with E-state index in [-0.39, 0.29) is 0 Å². The number of piperazine rings is 1. The number of benzene rings is 4. The summed E-state index contributed by atoms with van der Waals surface area (Å²) in [6, 6.07) is 35.8. The molecule has 4 aromatic carbocycles. The smallest absolute Gasteiger partial charge is 0.203 e. The molecule has 7 heteroatoms. The fourth-order valence-electron chi connectivity index (χ4n) is 7.78. The topological polar surface area (TPSA) is 49.4 Å². The average Bonchev–Trinajstić information content (AvgIpc) is 3.40. The summed E-state index contributed by atoms with van der Waals surface area (Å²) < 4.78 is 10.2. The molecule has 2 heterocycles. The molecular weight excluding hydrogens is 638 g/mol. The van der Waals surface area contributed by atoms with Crippen molar-refractivity contribution in [2.45, 2.75) is 59.0 Å². The van der Waals surface area contributed by atoms with E-state index in [2.05, 4.69) is 93.4 Å². The summed E-state index contributed by atoms with van der Waals surface area (Å²) in [5.74, 6) is 0.886. The predicted octanol–water partition coefficient (Wildman–Crippen LogP) is 9.27. The molecule has 1 aliphatic heterocycles. The van der Waals surface area contributed by atoms with E-state index in [0.717, 1.165) is 80.3 Å². The zero-order valence-electron chi connectivity index (χ0n) is 29.6. The van der Waals surface area contributed by atoms with Crippen molar-refractivity contribution >= 4 is 33.9 Å². The lowest BCUT2D eigenvalue weighted by Crippen LogP contribution is -2.46. The maximum atomic E-state index is 9.09. The number of aryl methyl sites for hydroxylation is 1. The van der Waals surface area contributed by atoms with E-state index in [9.17, 15) is 0 Å². The van der Waals surface area contributed by atoms with E-state index in [1.54, 1.807) is 11.1 Å². The maximum absolute atomic E-state index is 9.09. The molecule has 1 N–H and O–H groups in total. The molecule has 0 amide bonds. The third-order valence-corrected chi connectivity index (χ3v) is 10.9. The van der Waals surface area contributed by atoms with Crippen molar-refractivity contribution in [3.8, 4) is 5.75 Å². The highest BCUT2D eigenvalue weighted by Crippen LogP contribution is 2.43. The van der Waals surface area contributed by atoms with Crippen LogP contribution < -0.4 is 15.3 Å². The fourth-order valence-corrected chi connectivity index (χ4v) is 7.91. The molecule has 50 heavy (non-hydrogen) atoms. The monoisotopic (exact) mass is 687 g/mol. The van der Waals surface area contributed by atoms with Crippen LogP contribution in [0.25, 0.3) is 16.6 Å². The van der Waals surface area contributed by atoms with Crippen molar-refractivity contribution in [3.05, 3.63) is 130 Å². The number of rotatable bonds is 12. The minimum absolute atomic E-state index is 0.367. The van der Waals surface area contributed by atoms with Crippen LogP contribution in [0.5, 0.6) is 5.75 Å². The molecule has 5 aromatic rings. The summed E-state index contributed by atoms with van der Waals surface area (Å²) >= 11 is 6.21. The standard InChI is InChI=1S/C43H50ClN5O/c1-43(2)23-21-39(34-15-17-36(44)18-16-34)35(31-43)22-25-46-26-28-47(29-27-46)37-19-13-33(14-20-37)32-49-41-12-7-6-11-40(41)48(42(49)45)24-8-30-50-38-9-4-3-5-10-38/h3-7,9-20,45H,8,21-32H2,1-2H3. The molecule has 1 aromatic heterocycles. The van der Waals surface area contributed by atoms with Gasteiger partial charge in [-0.3, -0.25) is 10.3 Å². The summed E-state index contributed by atoms with van der Waals surface area (Å²) in [7, 11) is 0. The third-order valence-electron chi connectivity index (χ3n) is 10.6. The molecule has 2 aliphatic rings. The van der Waals surface area contributed by atoms with Gasteiger partial charge in [0.2, 0.25) is 5.62 Å². The molecule has 7 rings (SSSR count). The van der Waals surface area contributed by atoms with Crippen molar-refractivity contribution in [1.29, 1.82) is 5.41 Å². The summed E-state index contributed by atoms with van der Waals surface area (Å²) in [5, 5.41) is 9.90. The highest BCUT2D eigenvalue weighted by atomic mass is 35.5. The maximum Gasteiger partial charge on any atom is 0.203 e. The summed E-state index contributed by atoms with van der Waals surface area (Å²) in [5.41, 5.74) is 10.1. The average molecular weight is 688 g/mol. The first kappa shape index (κ1) is 34.2. The van der Waals surface area contributed by atoms with E-state index in [1.807, 2.05) is 42.5 Å². The highest BCUT2D eigenvalue weighted by molar-refractivity contribution is 6.30. The second-order valence-corrected chi connectivity index (χ2v) is 15.2. The summed E-state index contributed by atoms with van der Waals surface area (Å²) in [6.45, 7) is 12.2. The molecular formula is C43H50ClN5O. The van der Waals surface area contributed by atoms with Crippen molar-refractivity contribution in [3.63, 3.8) is 0 Å². The molecule has 0 radical (unpaired) electrons. The van der Waals surface area contributed by atoms with Gasteiger partial charge in [0.1, 0.15) is 5.75 Å². The molecule has 0 unspecified atom stereocenters. The van der Waals surface area contributed by atoms with E-state index in [1.165, 1.54) is 29.7 Å². The first-order valence-corrected chi connectivity index (χ1v) is 18.6. The van der Waals surface area contributed by atoms with Crippen LogP contribution in [-0.4, -0.2) is 53.4 Å². The molecule has 1 saturated heterocycles. The molecule has 0 spiro atoms. The van der Waals surface area contributed by atoms with Gasteiger partial charge in [-0.1, -0.05) is 85.6 Å². The van der Waals surface area contributed by atoms with Gasteiger partial charge in [-0.2, -0.15) is 0 Å². The number of aromatic nitrogens is 2. The largest absolute Gasteiger partial charge is 0.494 e. The second-order valence-electron chi connectivity index (χ2n) is 14.7. The quantitative estimate of drug-likeness (QED) is 0.133. The molecule has 260 valence electrons. The van der Waals surface area contributed by atoms with Gasteiger partial charge in [-0.05, 0) is 103 Å². The number of hydrogen-bond acceptors (Lipinski definition) is 4. The Morgan fingerprint density at radius 3 is 2.16 bits per heavy atom. The molecule has 0 atom stereocenters. The predicted molar refractivity (Wildman–Crippen MR) is 207 cm³/mol. The SMILES string of the molecule is CC1(C)CCC(c2ccc(Cl)cc2)=C(CCN2CCN(c3ccc(Cn4c(=N)n(CCCOc5ccccc5)c5ccccc54)cc3)CC2)C1. The molecule has 0 saturated carbocycles. The van der Waals surface area contributed by atoms with Crippen molar-refractivity contribution in [2.24, 2.45) is 5.41 Å². The minimum atomic E-state index is 0.367. The molecule has 1 fully saturated rings. The van der Waals surface area contributed by atoms with Gasteiger partial charge in [0, 0.05) is 50.0 Å². The van der Waals surface area contributed by atoms with Crippen LogP contribution in [0, 0.1) is 10.8 Å². The van der Waals surface area contributed by atoms with E-state index in [4.69, 9.17) is 21.7 Å². The van der Waals surface area contributed by atoms with Crippen LogP contribution in [0.2, 0.25) is 5.02 Å². The number of halogens is 1. The normalized spacial score (nSPS) is 16.7. The third kappa shape index (κ3) is 8.03. The Balaban J connectivity index is 0.947. The molecule has 6 nitrogen and oxygen atoms in total.